The third-order valence-corrected chi connectivity index (χ3v) is 4.47. The Morgan fingerprint density at radius 3 is 3.14 bits per heavy atom. The van der Waals surface area contributed by atoms with E-state index in [1.165, 1.54) is 0 Å². The Morgan fingerprint density at radius 2 is 2.38 bits per heavy atom. The molecule has 1 saturated heterocycles. The van der Waals surface area contributed by atoms with E-state index in [1.807, 2.05) is 23.1 Å². The first-order valence-electron chi connectivity index (χ1n) is 7.52. The van der Waals surface area contributed by atoms with Crippen molar-refractivity contribution < 1.29 is 14.3 Å². The van der Waals surface area contributed by atoms with Crippen LogP contribution in [0.2, 0.25) is 0 Å². The number of hydrogen-bond donors (Lipinski definition) is 1. The van der Waals surface area contributed by atoms with Crippen molar-refractivity contribution in [2.45, 2.75) is 31.4 Å². The molecule has 0 spiro atoms. The van der Waals surface area contributed by atoms with Gasteiger partial charge in [-0.3, -0.25) is 4.79 Å². The van der Waals surface area contributed by atoms with Gasteiger partial charge in [-0.1, -0.05) is 0 Å². The number of nitrogens with zero attached hydrogens (tertiary/aromatic N) is 1. The summed E-state index contributed by atoms with van der Waals surface area (Å²) in [6.45, 7) is 1.88. The first-order valence-corrected chi connectivity index (χ1v) is 7.52. The van der Waals surface area contributed by atoms with Crippen LogP contribution in [0, 0.1) is 0 Å². The molecule has 2 atom stereocenters. The molecule has 3 rings (SSSR count). The predicted molar refractivity (Wildman–Crippen MR) is 79.6 cm³/mol. The van der Waals surface area contributed by atoms with Gasteiger partial charge in [0.2, 0.25) is 0 Å². The summed E-state index contributed by atoms with van der Waals surface area (Å²) in [5.41, 5.74) is 7.70. The van der Waals surface area contributed by atoms with Gasteiger partial charge >= 0.3 is 0 Å². The largest absolute Gasteiger partial charge is 0.493 e. The molecule has 2 unspecified atom stereocenters. The summed E-state index contributed by atoms with van der Waals surface area (Å²) in [6.07, 6.45) is 2.76. The minimum atomic E-state index is 0.0562. The number of benzene rings is 1. The number of fused-ring (bicyclic) bond motifs is 1. The van der Waals surface area contributed by atoms with Crippen LogP contribution in [-0.4, -0.2) is 49.8 Å². The molecule has 2 N–H and O–H groups in total. The SMILES string of the molecule is COC1CCN(C(=O)c2ccc3c(c2)CCO3)C(CN)C1. The number of ether oxygens (including phenoxy) is 2. The van der Waals surface area contributed by atoms with Crippen molar-refractivity contribution in [1.82, 2.24) is 4.90 Å². The molecule has 1 amide bonds. The lowest BCUT2D eigenvalue weighted by Crippen LogP contribution is -2.51. The second-order valence-electron chi connectivity index (χ2n) is 5.69. The number of methoxy groups -OCH3 is 1. The van der Waals surface area contributed by atoms with Crippen LogP contribution in [0.3, 0.4) is 0 Å². The number of nitrogens with two attached hydrogens (primary N) is 1. The normalized spacial score (nSPS) is 24.6. The Labute approximate surface area is 125 Å². The van der Waals surface area contributed by atoms with Crippen LogP contribution in [-0.2, 0) is 11.2 Å². The van der Waals surface area contributed by atoms with E-state index >= 15 is 0 Å². The van der Waals surface area contributed by atoms with Crippen molar-refractivity contribution in [2.75, 3.05) is 26.8 Å². The van der Waals surface area contributed by atoms with E-state index in [4.69, 9.17) is 15.2 Å². The zero-order valence-corrected chi connectivity index (χ0v) is 12.4. The van der Waals surface area contributed by atoms with Crippen molar-refractivity contribution in [2.24, 2.45) is 5.73 Å². The summed E-state index contributed by atoms with van der Waals surface area (Å²) in [7, 11) is 1.72. The van der Waals surface area contributed by atoms with E-state index < -0.39 is 0 Å². The van der Waals surface area contributed by atoms with Crippen LogP contribution in [0.4, 0.5) is 0 Å². The van der Waals surface area contributed by atoms with Crippen LogP contribution in [0.1, 0.15) is 28.8 Å². The number of carbonyl (C=O) groups excluding carboxylic acids is 1. The molecule has 1 aromatic carbocycles. The van der Waals surface area contributed by atoms with Gasteiger partial charge in [-0.15, -0.1) is 0 Å². The Balaban J connectivity index is 1.78. The zero-order chi connectivity index (χ0) is 14.8. The van der Waals surface area contributed by atoms with E-state index in [9.17, 15) is 4.79 Å². The Hall–Kier alpha value is -1.59. The van der Waals surface area contributed by atoms with Crippen LogP contribution in [0.15, 0.2) is 18.2 Å². The highest BCUT2D eigenvalue weighted by atomic mass is 16.5. The van der Waals surface area contributed by atoms with E-state index in [2.05, 4.69) is 0 Å². The van der Waals surface area contributed by atoms with Gasteiger partial charge in [0.15, 0.2) is 0 Å². The third kappa shape index (κ3) is 2.76. The fraction of sp³-hybridized carbons (Fsp3) is 0.562. The molecule has 0 saturated carbocycles. The molecule has 1 fully saturated rings. The van der Waals surface area contributed by atoms with Gasteiger partial charge in [0.1, 0.15) is 5.75 Å². The monoisotopic (exact) mass is 290 g/mol. The molecular weight excluding hydrogens is 268 g/mol. The Bertz CT molecular complexity index is 532. The van der Waals surface area contributed by atoms with Crippen LogP contribution in [0.5, 0.6) is 5.75 Å². The van der Waals surface area contributed by atoms with Crippen LogP contribution >= 0.6 is 0 Å². The summed E-state index contributed by atoms with van der Waals surface area (Å²) in [5, 5.41) is 0. The van der Waals surface area contributed by atoms with Crippen LogP contribution < -0.4 is 10.5 Å². The van der Waals surface area contributed by atoms with Crippen molar-refractivity contribution >= 4 is 5.91 Å². The Morgan fingerprint density at radius 1 is 1.52 bits per heavy atom. The highest BCUT2D eigenvalue weighted by Crippen LogP contribution is 2.28. The average molecular weight is 290 g/mol. The average Bonchev–Trinajstić information content (AvgIpc) is 3.01. The highest BCUT2D eigenvalue weighted by Gasteiger charge is 2.31. The van der Waals surface area contributed by atoms with E-state index in [0.29, 0.717) is 19.7 Å². The van der Waals surface area contributed by atoms with Crippen molar-refractivity contribution in [3.05, 3.63) is 29.3 Å². The molecule has 5 heteroatoms. The van der Waals surface area contributed by atoms with Gasteiger partial charge in [-0.25, -0.2) is 0 Å². The molecule has 2 heterocycles. The molecule has 1 aromatic rings. The van der Waals surface area contributed by atoms with Gasteiger partial charge < -0.3 is 20.1 Å². The minimum Gasteiger partial charge on any atom is -0.493 e. The van der Waals surface area contributed by atoms with E-state index in [-0.39, 0.29) is 18.1 Å². The fourth-order valence-electron chi connectivity index (χ4n) is 3.20. The molecule has 2 aliphatic heterocycles. The van der Waals surface area contributed by atoms with Gasteiger partial charge in [0.05, 0.1) is 12.7 Å². The number of hydrogen-bond acceptors (Lipinski definition) is 4. The number of rotatable bonds is 3. The maximum absolute atomic E-state index is 12.8. The van der Waals surface area contributed by atoms with Crippen LogP contribution in [0.25, 0.3) is 0 Å². The molecule has 0 radical (unpaired) electrons. The number of piperidine rings is 1. The maximum atomic E-state index is 12.8. The topological polar surface area (TPSA) is 64.8 Å². The molecule has 0 aromatic heterocycles. The summed E-state index contributed by atoms with van der Waals surface area (Å²) >= 11 is 0. The lowest BCUT2D eigenvalue weighted by atomic mass is 9.97. The number of carbonyl (C=O) groups is 1. The summed E-state index contributed by atoms with van der Waals surface area (Å²) in [4.78, 5) is 14.6. The molecular formula is C16H22N2O3. The predicted octanol–water partition coefficient (Wildman–Crippen LogP) is 1.20. The maximum Gasteiger partial charge on any atom is 0.254 e. The molecule has 114 valence electrons. The van der Waals surface area contributed by atoms with Gasteiger partial charge in [0.25, 0.3) is 5.91 Å². The molecule has 2 aliphatic rings. The van der Waals surface area contributed by atoms with Crippen molar-refractivity contribution in [1.29, 1.82) is 0 Å². The molecule has 21 heavy (non-hydrogen) atoms. The molecule has 0 aliphatic carbocycles. The highest BCUT2D eigenvalue weighted by molar-refractivity contribution is 5.95. The van der Waals surface area contributed by atoms with E-state index in [0.717, 1.165) is 36.1 Å². The Kier molecular flexibility index (Phi) is 4.12. The first-order chi connectivity index (χ1) is 10.2. The third-order valence-electron chi connectivity index (χ3n) is 4.47. The van der Waals surface area contributed by atoms with Gasteiger partial charge in [-0.2, -0.15) is 0 Å². The first kappa shape index (κ1) is 14.4. The minimum absolute atomic E-state index is 0.0562. The fourth-order valence-corrected chi connectivity index (χ4v) is 3.20. The summed E-state index contributed by atoms with van der Waals surface area (Å²) in [5.74, 6) is 0.967. The summed E-state index contributed by atoms with van der Waals surface area (Å²) < 4.78 is 10.9. The van der Waals surface area contributed by atoms with Crippen molar-refractivity contribution in [3.8, 4) is 5.75 Å². The lowest BCUT2D eigenvalue weighted by molar-refractivity contribution is 0.0139. The smallest absolute Gasteiger partial charge is 0.254 e. The quantitative estimate of drug-likeness (QED) is 0.908. The second-order valence-corrected chi connectivity index (χ2v) is 5.69. The van der Waals surface area contributed by atoms with Gasteiger partial charge in [-0.05, 0) is 36.6 Å². The number of likely N-dealkylation sites (tertiary alicyclic amines) is 1. The second kappa shape index (κ2) is 6.03. The number of amides is 1. The molecule has 0 bridgehead atoms. The van der Waals surface area contributed by atoms with Gasteiger partial charge in [0, 0.05) is 38.2 Å². The summed E-state index contributed by atoms with van der Waals surface area (Å²) in [6, 6.07) is 5.76. The molecule has 5 nitrogen and oxygen atoms in total. The lowest BCUT2D eigenvalue weighted by Gasteiger charge is -2.38. The van der Waals surface area contributed by atoms with Crippen molar-refractivity contribution in [3.63, 3.8) is 0 Å². The standard InChI is InChI=1S/C16H22N2O3/c1-20-14-4-6-18(13(9-14)10-17)16(19)12-2-3-15-11(8-12)5-7-21-15/h2-3,8,13-14H,4-7,9-10,17H2,1H3. The zero-order valence-electron chi connectivity index (χ0n) is 12.4. The van der Waals surface area contributed by atoms with E-state index in [1.54, 1.807) is 7.11 Å².